The van der Waals surface area contributed by atoms with Gasteiger partial charge in [0.05, 0.1) is 17.2 Å². The summed E-state index contributed by atoms with van der Waals surface area (Å²) in [5.74, 6) is 1.37. The summed E-state index contributed by atoms with van der Waals surface area (Å²) in [6.07, 6.45) is 0. The second kappa shape index (κ2) is 8.30. The number of amides is 1. The van der Waals surface area contributed by atoms with E-state index in [0.717, 1.165) is 16.7 Å². The molecule has 10 heteroatoms. The number of hydrogen-bond donors (Lipinski definition) is 0. The smallest absolute Gasteiger partial charge is 0.243 e. The number of hydrogen-bond acceptors (Lipinski definition) is 6. The highest BCUT2D eigenvalue weighted by atomic mass is 35.5. The van der Waals surface area contributed by atoms with Crippen LogP contribution in [0.25, 0.3) is 0 Å². The van der Waals surface area contributed by atoms with Gasteiger partial charge in [0.1, 0.15) is 4.38 Å². The maximum absolute atomic E-state index is 12.6. The molecule has 0 N–H and O–H groups in total. The molecule has 3 rings (SSSR count). The zero-order valence-electron chi connectivity index (χ0n) is 13.4. The Morgan fingerprint density at radius 2 is 1.88 bits per heavy atom. The second-order valence-corrected chi connectivity index (χ2v) is 10.2. The minimum Gasteiger partial charge on any atom is -0.339 e. The molecule has 25 heavy (non-hydrogen) atoms. The average Bonchev–Trinajstić information content (AvgIpc) is 3.14. The van der Waals surface area contributed by atoms with Crippen molar-refractivity contribution in [2.24, 2.45) is 4.99 Å². The Balaban J connectivity index is 1.54. The monoisotopic (exact) mass is 419 g/mol. The number of sulfonamides is 1. The number of carbonyl (C=O) groups excluding carboxylic acids is 1. The summed E-state index contributed by atoms with van der Waals surface area (Å²) in [5.41, 5.74) is 0. The van der Waals surface area contributed by atoms with E-state index in [0.29, 0.717) is 37.0 Å². The SMILES string of the molecule is O=C(CSC1=NCCS1)N1CCN(S(=O)(=O)c2ccc(Cl)cc2)CC1. The van der Waals surface area contributed by atoms with Crippen molar-refractivity contribution in [1.82, 2.24) is 9.21 Å². The lowest BCUT2D eigenvalue weighted by Crippen LogP contribution is -2.51. The molecule has 0 atom stereocenters. The van der Waals surface area contributed by atoms with E-state index in [-0.39, 0.29) is 10.8 Å². The fourth-order valence-electron chi connectivity index (χ4n) is 2.55. The van der Waals surface area contributed by atoms with Gasteiger partial charge in [-0.05, 0) is 24.3 Å². The third-order valence-corrected chi connectivity index (χ3v) is 8.32. The van der Waals surface area contributed by atoms with E-state index in [1.54, 1.807) is 28.8 Å². The van der Waals surface area contributed by atoms with E-state index in [1.165, 1.54) is 28.2 Å². The molecule has 0 aromatic heterocycles. The van der Waals surface area contributed by atoms with E-state index in [9.17, 15) is 13.2 Å². The van der Waals surface area contributed by atoms with Crippen LogP contribution in [-0.2, 0) is 14.8 Å². The summed E-state index contributed by atoms with van der Waals surface area (Å²) in [6, 6.07) is 6.14. The van der Waals surface area contributed by atoms with E-state index >= 15 is 0 Å². The zero-order chi connectivity index (χ0) is 17.9. The standard InChI is InChI=1S/C15H18ClN3O3S3/c16-12-1-3-13(4-2-12)25(21,22)19-8-6-18(7-9-19)14(20)11-24-15-17-5-10-23-15/h1-4H,5-11H2. The molecule has 136 valence electrons. The molecule has 2 aliphatic rings. The second-order valence-electron chi connectivity index (χ2n) is 5.52. The Morgan fingerprint density at radius 3 is 2.48 bits per heavy atom. The van der Waals surface area contributed by atoms with Gasteiger partial charge in [-0.1, -0.05) is 35.1 Å². The van der Waals surface area contributed by atoms with Crippen molar-refractivity contribution < 1.29 is 13.2 Å². The number of benzene rings is 1. The highest BCUT2D eigenvalue weighted by molar-refractivity contribution is 8.39. The first-order valence-electron chi connectivity index (χ1n) is 7.80. The molecule has 1 fully saturated rings. The molecular weight excluding hydrogens is 402 g/mol. The van der Waals surface area contributed by atoms with Crippen LogP contribution in [0.5, 0.6) is 0 Å². The number of nitrogens with zero attached hydrogens (tertiary/aromatic N) is 3. The summed E-state index contributed by atoms with van der Waals surface area (Å²) in [4.78, 5) is 18.5. The van der Waals surface area contributed by atoms with Gasteiger partial charge in [0.2, 0.25) is 15.9 Å². The first kappa shape index (κ1) is 19.0. The largest absolute Gasteiger partial charge is 0.339 e. The molecule has 6 nitrogen and oxygen atoms in total. The number of halogens is 1. The van der Waals surface area contributed by atoms with Crippen LogP contribution < -0.4 is 0 Å². The van der Waals surface area contributed by atoms with Gasteiger partial charge >= 0.3 is 0 Å². The van der Waals surface area contributed by atoms with Crippen LogP contribution in [0.15, 0.2) is 34.2 Å². The Labute approximate surface area is 161 Å². The van der Waals surface area contributed by atoms with Crippen molar-refractivity contribution in [1.29, 1.82) is 0 Å². The summed E-state index contributed by atoms with van der Waals surface area (Å²) >= 11 is 8.96. The summed E-state index contributed by atoms with van der Waals surface area (Å²) in [5, 5.41) is 0.497. The van der Waals surface area contributed by atoms with Crippen LogP contribution in [0.2, 0.25) is 5.02 Å². The Kier molecular flexibility index (Phi) is 6.32. The lowest BCUT2D eigenvalue weighted by Gasteiger charge is -2.34. The molecule has 0 bridgehead atoms. The number of carbonyl (C=O) groups is 1. The summed E-state index contributed by atoms with van der Waals surface area (Å²) in [7, 11) is -3.54. The van der Waals surface area contributed by atoms with E-state index in [2.05, 4.69) is 4.99 Å². The molecule has 0 saturated carbocycles. The van der Waals surface area contributed by atoms with Crippen LogP contribution in [0, 0.1) is 0 Å². The van der Waals surface area contributed by atoms with Crippen LogP contribution >= 0.6 is 35.1 Å². The minimum atomic E-state index is -3.54. The average molecular weight is 420 g/mol. The van der Waals surface area contributed by atoms with Crippen molar-refractivity contribution in [2.75, 3.05) is 44.2 Å². The number of aliphatic imine (C=N–C) groups is 1. The predicted molar refractivity (Wildman–Crippen MR) is 104 cm³/mol. The normalized spacial score (nSPS) is 19.1. The molecule has 1 saturated heterocycles. The van der Waals surface area contributed by atoms with Crippen LogP contribution in [-0.4, -0.2) is 72.1 Å². The molecule has 0 aliphatic carbocycles. The Bertz CT molecular complexity index is 760. The number of thioether (sulfide) groups is 2. The quantitative estimate of drug-likeness (QED) is 0.746. The molecule has 0 radical (unpaired) electrons. The maximum Gasteiger partial charge on any atom is 0.243 e. The van der Waals surface area contributed by atoms with Crippen LogP contribution in [0.3, 0.4) is 0 Å². The van der Waals surface area contributed by atoms with Crippen molar-refractivity contribution in [3.63, 3.8) is 0 Å². The highest BCUT2D eigenvalue weighted by Gasteiger charge is 2.30. The van der Waals surface area contributed by atoms with Gasteiger partial charge in [0, 0.05) is 37.0 Å². The van der Waals surface area contributed by atoms with Gasteiger partial charge < -0.3 is 4.90 Å². The molecule has 1 aromatic carbocycles. The predicted octanol–water partition coefficient (Wildman–Crippen LogP) is 2.01. The number of rotatable bonds is 4. The van der Waals surface area contributed by atoms with Crippen LogP contribution in [0.4, 0.5) is 0 Å². The van der Waals surface area contributed by atoms with Gasteiger partial charge in [-0.25, -0.2) is 8.42 Å². The van der Waals surface area contributed by atoms with Crippen molar-refractivity contribution in [3.05, 3.63) is 29.3 Å². The lowest BCUT2D eigenvalue weighted by molar-refractivity contribution is -0.129. The molecule has 2 aliphatic heterocycles. The van der Waals surface area contributed by atoms with Gasteiger partial charge in [-0.2, -0.15) is 4.31 Å². The van der Waals surface area contributed by atoms with Gasteiger partial charge in [-0.3, -0.25) is 9.79 Å². The summed E-state index contributed by atoms with van der Waals surface area (Å²) < 4.78 is 27.7. The molecule has 0 unspecified atom stereocenters. The molecule has 1 aromatic rings. The number of piperazine rings is 1. The van der Waals surface area contributed by atoms with Crippen molar-refractivity contribution >= 4 is 55.4 Å². The highest BCUT2D eigenvalue weighted by Crippen LogP contribution is 2.23. The Hall–Kier alpha value is -0.740. The van der Waals surface area contributed by atoms with E-state index < -0.39 is 10.0 Å². The first-order chi connectivity index (χ1) is 12.0. The molecule has 2 heterocycles. The Morgan fingerprint density at radius 1 is 1.20 bits per heavy atom. The molecule has 0 spiro atoms. The lowest BCUT2D eigenvalue weighted by atomic mass is 10.3. The van der Waals surface area contributed by atoms with Crippen molar-refractivity contribution in [3.8, 4) is 0 Å². The van der Waals surface area contributed by atoms with Gasteiger partial charge in [0.25, 0.3) is 0 Å². The van der Waals surface area contributed by atoms with Gasteiger partial charge in [0.15, 0.2) is 0 Å². The minimum absolute atomic E-state index is 0.0312. The first-order valence-corrected chi connectivity index (χ1v) is 11.6. The van der Waals surface area contributed by atoms with Crippen molar-refractivity contribution in [2.45, 2.75) is 4.90 Å². The van der Waals surface area contributed by atoms with Crippen LogP contribution in [0.1, 0.15) is 0 Å². The fraction of sp³-hybridized carbons (Fsp3) is 0.467. The third-order valence-electron chi connectivity index (χ3n) is 3.92. The molecule has 1 amide bonds. The molecular formula is C15H18ClN3O3S3. The fourth-order valence-corrected chi connectivity index (χ4v) is 6.01. The van der Waals surface area contributed by atoms with Gasteiger partial charge in [-0.15, -0.1) is 0 Å². The van der Waals surface area contributed by atoms with E-state index in [4.69, 9.17) is 11.6 Å². The van der Waals surface area contributed by atoms with E-state index in [1.807, 2.05) is 0 Å². The maximum atomic E-state index is 12.6. The zero-order valence-corrected chi connectivity index (χ0v) is 16.6. The topological polar surface area (TPSA) is 70.1 Å². The third kappa shape index (κ3) is 4.71. The summed E-state index contributed by atoms with van der Waals surface area (Å²) in [6.45, 7) is 2.24.